The molecule has 0 unspecified atom stereocenters. The molecule has 1 saturated carbocycles. The summed E-state index contributed by atoms with van der Waals surface area (Å²) in [6.07, 6.45) is 3.96. The zero-order valence-corrected chi connectivity index (χ0v) is 15.9. The van der Waals surface area contributed by atoms with Gasteiger partial charge in [-0.25, -0.2) is 18.7 Å². The van der Waals surface area contributed by atoms with Gasteiger partial charge in [0.15, 0.2) is 11.5 Å². The Hall–Kier alpha value is -2.27. The SMILES string of the molecule is CCC(N)=CC([SH2+])=Nc1nc(N[C@@H]2CCCC(F)(F)[C@@H]2N)cnc1C(N)=O. The zero-order chi connectivity index (χ0) is 20.2. The van der Waals surface area contributed by atoms with Gasteiger partial charge in [-0.1, -0.05) is 6.92 Å². The monoisotopic (exact) mass is 400 g/mol. The molecule has 11 heteroatoms. The lowest BCUT2D eigenvalue weighted by Crippen LogP contribution is -2.55. The third kappa shape index (κ3) is 5.36. The lowest BCUT2D eigenvalue weighted by Gasteiger charge is -2.36. The minimum absolute atomic E-state index is 0.0613. The number of allylic oxidation sites excluding steroid dienone is 1. The molecule has 7 N–H and O–H groups in total. The maximum Gasteiger partial charge on any atom is 0.271 e. The summed E-state index contributed by atoms with van der Waals surface area (Å²) in [5.74, 6) is -3.67. The summed E-state index contributed by atoms with van der Waals surface area (Å²) < 4.78 is 27.6. The first-order chi connectivity index (χ1) is 12.6. The Morgan fingerprint density at radius 1 is 1.52 bits per heavy atom. The summed E-state index contributed by atoms with van der Waals surface area (Å²) in [7, 11) is 0. The number of primary amides is 1. The summed E-state index contributed by atoms with van der Waals surface area (Å²) in [5.41, 5.74) is 17.1. The number of nitrogens with one attached hydrogen (secondary N) is 1. The van der Waals surface area contributed by atoms with Crippen LogP contribution in [-0.4, -0.2) is 38.9 Å². The van der Waals surface area contributed by atoms with Crippen molar-refractivity contribution in [2.24, 2.45) is 22.2 Å². The zero-order valence-electron chi connectivity index (χ0n) is 14.9. The minimum atomic E-state index is -2.96. The number of carbonyl (C=O) groups excluding carboxylic acids is 1. The Morgan fingerprint density at radius 2 is 2.22 bits per heavy atom. The van der Waals surface area contributed by atoms with E-state index in [9.17, 15) is 13.6 Å². The molecular formula is C16H24F2N7OS+. The molecule has 2 atom stereocenters. The molecule has 1 aliphatic rings. The number of anilines is 1. The number of carbonyl (C=O) groups is 1. The molecule has 1 aromatic heterocycles. The van der Waals surface area contributed by atoms with Crippen LogP contribution < -0.4 is 22.5 Å². The number of rotatable bonds is 6. The average Bonchev–Trinajstić information content (AvgIpc) is 2.58. The second kappa shape index (κ2) is 8.61. The van der Waals surface area contributed by atoms with Crippen molar-refractivity contribution >= 4 is 35.2 Å². The molecule has 1 fully saturated rings. The van der Waals surface area contributed by atoms with E-state index in [-0.39, 0.29) is 23.8 Å². The number of aromatic nitrogens is 2. The molecule has 0 bridgehead atoms. The summed E-state index contributed by atoms with van der Waals surface area (Å²) in [5, 5.41) is 3.17. The van der Waals surface area contributed by atoms with Gasteiger partial charge in [-0.15, -0.1) is 0 Å². The number of aliphatic imine (C=N–C) groups is 1. The summed E-state index contributed by atoms with van der Waals surface area (Å²) in [6, 6.07) is -2.03. The number of nitrogens with zero attached hydrogens (tertiary/aromatic N) is 3. The number of alkyl halides is 2. The van der Waals surface area contributed by atoms with Crippen molar-refractivity contribution in [1.29, 1.82) is 0 Å². The normalized spacial score (nSPS) is 23.1. The minimum Gasteiger partial charge on any atom is -0.402 e. The Balaban J connectivity index is 2.32. The summed E-state index contributed by atoms with van der Waals surface area (Å²) >= 11 is 3.28. The molecule has 8 nitrogen and oxygen atoms in total. The van der Waals surface area contributed by atoms with Gasteiger partial charge < -0.3 is 22.5 Å². The van der Waals surface area contributed by atoms with E-state index >= 15 is 0 Å². The predicted octanol–water partition coefficient (Wildman–Crippen LogP) is 0.797. The fraction of sp³-hybridized carbons (Fsp3) is 0.500. The molecular weight excluding hydrogens is 376 g/mol. The molecule has 1 aliphatic carbocycles. The summed E-state index contributed by atoms with van der Waals surface area (Å²) in [6.45, 7) is 1.87. The maximum atomic E-state index is 13.8. The van der Waals surface area contributed by atoms with Crippen LogP contribution in [-0.2, 0) is 12.6 Å². The number of halogens is 2. The van der Waals surface area contributed by atoms with Crippen LogP contribution >= 0.6 is 0 Å². The third-order valence-corrected chi connectivity index (χ3v) is 4.48. The molecule has 0 saturated heterocycles. The van der Waals surface area contributed by atoms with Crippen molar-refractivity contribution in [2.45, 2.75) is 50.6 Å². The van der Waals surface area contributed by atoms with Gasteiger partial charge in [0.05, 0.1) is 12.2 Å². The van der Waals surface area contributed by atoms with Crippen molar-refractivity contribution in [3.63, 3.8) is 0 Å². The molecule has 0 spiro atoms. The molecule has 0 aliphatic heterocycles. The van der Waals surface area contributed by atoms with Crippen LogP contribution in [0.4, 0.5) is 20.4 Å². The second-order valence-corrected chi connectivity index (χ2v) is 6.80. The molecule has 1 aromatic rings. The molecule has 148 valence electrons. The first kappa shape index (κ1) is 21.0. The van der Waals surface area contributed by atoms with Crippen molar-refractivity contribution in [3.05, 3.63) is 23.7 Å². The van der Waals surface area contributed by atoms with E-state index in [4.69, 9.17) is 17.2 Å². The van der Waals surface area contributed by atoms with Crippen LogP contribution in [0.1, 0.15) is 43.1 Å². The van der Waals surface area contributed by atoms with Gasteiger partial charge in [-0.3, -0.25) is 4.79 Å². The van der Waals surface area contributed by atoms with E-state index in [1.165, 1.54) is 6.20 Å². The van der Waals surface area contributed by atoms with Gasteiger partial charge in [-0.05, 0) is 19.3 Å². The second-order valence-electron chi connectivity index (χ2n) is 6.29. The standard InChI is InChI=1S/C16H23F2N7OS/c1-2-8(19)6-11(27)25-15-12(14(21)26)22-7-10(24-15)23-9-4-3-5-16(17,18)13(9)20/h6-7,9,13H,2-5,19-20H2,1H3,(H2,21,26)(H2,23,24,25,27)/p+1/t9-,13-/m1/s1. The third-order valence-electron chi connectivity index (χ3n) is 4.22. The van der Waals surface area contributed by atoms with Crippen molar-refractivity contribution in [1.82, 2.24) is 9.97 Å². The van der Waals surface area contributed by atoms with E-state index in [0.29, 0.717) is 30.0 Å². The maximum absolute atomic E-state index is 13.8. The highest BCUT2D eigenvalue weighted by molar-refractivity contribution is 7.78. The first-order valence-corrected chi connectivity index (χ1v) is 8.97. The van der Waals surface area contributed by atoms with Gasteiger partial charge in [0.25, 0.3) is 11.8 Å². The average molecular weight is 400 g/mol. The van der Waals surface area contributed by atoms with E-state index in [1.807, 2.05) is 6.92 Å². The van der Waals surface area contributed by atoms with Crippen molar-refractivity contribution < 1.29 is 13.6 Å². The largest absolute Gasteiger partial charge is 0.402 e. The van der Waals surface area contributed by atoms with Crippen molar-refractivity contribution in [3.8, 4) is 0 Å². The Kier molecular flexibility index (Phi) is 6.71. The summed E-state index contributed by atoms with van der Waals surface area (Å²) in [4.78, 5) is 23.9. The molecule has 27 heavy (non-hydrogen) atoms. The van der Waals surface area contributed by atoms with Gasteiger partial charge in [0.1, 0.15) is 5.82 Å². The van der Waals surface area contributed by atoms with Crippen molar-refractivity contribution in [2.75, 3.05) is 5.32 Å². The highest BCUT2D eigenvalue weighted by Gasteiger charge is 2.44. The topological polar surface area (TPSA) is 145 Å². The molecule has 2 rings (SSSR count). The van der Waals surface area contributed by atoms with Crippen LogP contribution in [0.5, 0.6) is 0 Å². The van der Waals surface area contributed by atoms with Gasteiger partial charge >= 0.3 is 0 Å². The number of amides is 1. The van der Waals surface area contributed by atoms with Crippen LogP contribution in [0.15, 0.2) is 23.0 Å². The van der Waals surface area contributed by atoms with Crippen LogP contribution in [0.25, 0.3) is 0 Å². The van der Waals surface area contributed by atoms with Gasteiger partial charge in [0, 0.05) is 36.9 Å². The lowest BCUT2D eigenvalue weighted by atomic mass is 9.87. The molecule has 0 radical (unpaired) electrons. The van der Waals surface area contributed by atoms with E-state index in [0.717, 1.165) is 0 Å². The fourth-order valence-corrected chi connectivity index (χ4v) is 2.97. The quantitative estimate of drug-likeness (QED) is 0.316. The fourth-order valence-electron chi connectivity index (χ4n) is 2.67. The molecule has 1 amide bonds. The highest BCUT2D eigenvalue weighted by atomic mass is 32.1. The first-order valence-electron chi connectivity index (χ1n) is 8.47. The number of nitrogens with two attached hydrogens (primary N) is 3. The van der Waals surface area contributed by atoms with Crippen LogP contribution in [0.3, 0.4) is 0 Å². The van der Waals surface area contributed by atoms with Gasteiger partial charge in [0.2, 0.25) is 5.04 Å². The van der Waals surface area contributed by atoms with E-state index in [2.05, 4.69) is 32.9 Å². The number of hydrogen-bond acceptors (Lipinski definition) is 7. The van der Waals surface area contributed by atoms with Crippen LogP contribution in [0.2, 0.25) is 0 Å². The smallest absolute Gasteiger partial charge is 0.271 e. The van der Waals surface area contributed by atoms with Crippen LogP contribution in [0, 0.1) is 0 Å². The number of hydrogen-bond donors (Lipinski definition) is 4. The molecule has 1 heterocycles. The lowest BCUT2D eigenvalue weighted by molar-refractivity contribution is -0.0554. The van der Waals surface area contributed by atoms with Gasteiger partial charge in [-0.2, -0.15) is 4.99 Å². The van der Waals surface area contributed by atoms with E-state index < -0.39 is 23.9 Å². The Bertz CT molecular complexity index is 769. The Morgan fingerprint density at radius 3 is 2.85 bits per heavy atom. The predicted molar refractivity (Wildman–Crippen MR) is 105 cm³/mol. The van der Waals surface area contributed by atoms with E-state index in [1.54, 1.807) is 6.08 Å². The Labute approximate surface area is 161 Å². The molecule has 0 aromatic carbocycles. The highest BCUT2D eigenvalue weighted by Crippen LogP contribution is 2.33.